The van der Waals surface area contributed by atoms with Crippen molar-refractivity contribution in [3.05, 3.63) is 17.6 Å². The molecule has 20 heavy (non-hydrogen) atoms. The second-order valence-electron chi connectivity index (χ2n) is 6.04. The lowest BCUT2D eigenvalue weighted by molar-refractivity contribution is -0.136. The molecule has 0 spiro atoms. The molecule has 0 saturated carbocycles. The highest BCUT2D eigenvalue weighted by Gasteiger charge is 2.32. The first-order chi connectivity index (χ1) is 9.64. The number of fused-ring (bicyclic) bond motifs is 1. The van der Waals surface area contributed by atoms with Gasteiger partial charge in [-0.1, -0.05) is 6.42 Å². The molecule has 5 nitrogen and oxygen atoms in total. The van der Waals surface area contributed by atoms with Crippen LogP contribution in [-0.2, 0) is 22.3 Å². The van der Waals surface area contributed by atoms with Gasteiger partial charge in [0.2, 0.25) is 0 Å². The van der Waals surface area contributed by atoms with Gasteiger partial charge in [-0.15, -0.1) is 0 Å². The molecule has 1 saturated heterocycles. The third-order valence-corrected chi connectivity index (χ3v) is 3.94. The zero-order valence-corrected chi connectivity index (χ0v) is 12.3. The van der Waals surface area contributed by atoms with Crippen LogP contribution in [0.3, 0.4) is 0 Å². The van der Waals surface area contributed by atoms with Crippen LogP contribution < -0.4 is 5.32 Å². The maximum Gasteiger partial charge on any atom is 0.163 e. The second kappa shape index (κ2) is 5.66. The second-order valence-corrected chi connectivity index (χ2v) is 6.04. The van der Waals surface area contributed by atoms with E-state index in [1.54, 1.807) is 6.33 Å². The van der Waals surface area contributed by atoms with Gasteiger partial charge in [0.1, 0.15) is 18.2 Å². The van der Waals surface area contributed by atoms with Crippen molar-refractivity contribution in [3.8, 4) is 0 Å². The topological polar surface area (TPSA) is 56.3 Å². The maximum absolute atomic E-state index is 5.81. The van der Waals surface area contributed by atoms with Crippen LogP contribution in [0.1, 0.15) is 44.4 Å². The van der Waals surface area contributed by atoms with Crippen LogP contribution in [0, 0.1) is 0 Å². The molecular formula is C15H23N3O2. The molecule has 1 aliphatic heterocycles. The molecule has 1 aromatic heterocycles. The normalized spacial score (nSPS) is 25.0. The molecular weight excluding hydrogens is 254 g/mol. The third-order valence-electron chi connectivity index (χ3n) is 3.94. The van der Waals surface area contributed by atoms with Crippen molar-refractivity contribution < 1.29 is 9.47 Å². The predicted octanol–water partition coefficient (Wildman–Crippen LogP) is 2.31. The van der Waals surface area contributed by atoms with E-state index in [1.165, 1.54) is 30.5 Å². The molecule has 110 valence electrons. The summed E-state index contributed by atoms with van der Waals surface area (Å²) in [6, 6.07) is 0. The average molecular weight is 277 g/mol. The lowest BCUT2D eigenvalue weighted by Gasteiger charge is -2.18. The SMILES string of the molecule is CC1(C)OCC(CNc2ncnc3c2CCCCC3)O1. The van der Waals surface area contributed by atoms with Crippen LogP contribution >= 0.6 is 0 Å². The van der Waals surface area contributed by atoms with Crippen LogP contribution in [-0.4, -0.2) is 35.0 Å². The van der Waals surface area contributed by atoms with Gasteiger partial charge in [0.05, 0.1) is 6.61 Å². The lowest BCUT2D eigenvalue weighted by Crippen LogP contribution is -2.26. The molecule has 1 N–H and O–H groups in total. The van der Waals surface area contributed by atoms with Crippen molar-refractivity contribution in [2.75, 3.05) is 18.5 Å². The number of hydrogen-bond acceptors (Lipinski definition) is 5. The summed E-state index contributed by atoms with van der Waals surface area (Å²) in [4.78, 5) is 8.85. The quantitative estimate of drug-likeness (QED) is 0.859. The number of aryl methyl sites for hydroxylation is 1. The van der Waals surface area contributed by atoms with Crippen molar-refractivity contribution >= 4 is 5.82 Å². The number of rotatable bonds is 3. The Balaban J connectivity index is 1.66. The molecule has 1 unspecified atom stereocenters. The summed E-state index contributed by atoms with van der Waals surface area (Å²) in [6.45, 7) is 5.26. The largest absolute Gasteiger partial charge is 0.367 e. The maximum atomic E-state index is 5.81. The summed E-state index contributed by atoms with van der Waals surface area (Å²) in [6.07, 6.45) is 7.64. The van der Waals surface area contributed by atoms with Crippen molar-refractivity contribution in [1.29, 1.82) is 0 Å². The van der Waals surface area contributed by atoms with Gasteiger partial charge in [-0.05, 0) is 39.5 Å². The highest BCUT2D eigenvalue weighted by Crippen LogP contribution is 2.25. The molecule has 1 fully saturated rings. The lowest BCUT2D eigenvalue weighted by atomic mass is 10.1. The highest BCUT2D eigenvalue weighted by molar-refractivity contribution is 5.46. The van der Waals surface area contributed by atoms with Crippen LogP contribution in [0.5, 0.6) is 0 Å². The first-order valence-electron chi connectivity index (χ1n) is 7.52. The summed E-state index contributed by atoms with van der Waals surface area (Å²) >= 11 is 0. The Morgan fingerprint density at radius 1 is 1.25 bits per heavy atom. The minimum Gasteiger partial charge on any atom is -0.367 e. The van der Waals surface area contributed by atoms with Crippen LogP contribution in [0.2, 0.25) is 0 Å². The number of nitrogens with one attached hydrogen (secondary N) is 1. The highest BCUT2D eigenvalue weighted by atomic mass is 16.7. The molecule has 5 heteroatoms. The van der Waals surface area contributed by atoms with E-state index in [0.29, 0.717) is 6.61 Å². The summed E-state index contributed by atoms with van der Waals surface area (Å²) in [5.41, 5.74) is 2.51. The van der Waals surface area contributed by atoms with Crippen LogP contribution in [0.4, 0.5) is 5.82 Å². The van der Waals surface area contributed by atoms with Crippen molar-refractivity contribution in [2.45, 2.75) is 57.8 Å². The molecule has 0 radical (unpaired) electrons. The van der Waals surface area contributed by atoms with E-state index in [4.69, 9.17) is 9.47 Å². The molecule has 2 aliphatic rings. The summed E-state index contributed by atoms with van der Waals surface area (Å²) in [7, 11) is 0. The van der Waals surface area contributed by atoms with E-state index in [9.17, 15) is 0 Å². The fraction of sp³-hybridized carbons (Fsp3) is 0.733. The molecule has 1 aromatic rings. The Morgan fingerprint density at radius 3 is 2.90 bits per heavy atom. The summed E-state index contributed by atoms with van der Waals surface area (Å²) in [5, 5.41) is 3.42. The number of hydrogen-bond donors (Lipinski definition) is 1. The molecule has 0 aromatic carbocycles. The fourth-order valence-electron chi connectivity index (χ4n) is 2.92. The first kappa shape index (κ1) is 13.8. The zero-order valence-electron chi connectivity index (χ0n) is 12.3. The third kappa shape index (κ3) is 3.10. The van der Waals surface area contributed by atoms with Gasteiger partial charge in [-0.2, -0.15) is 0 Å². The minimum atomic E-state index is -0.463. The Labute approximate surface area is 120 Å². The number of anilines is 1. The van der Waals surface area contributed by atoms with Gasteiger partial charge in [-0.25, -0.2) is 9.97 Å². The van der Waals surface area contributed by atoms with Crippen molar-refractivity contribution in [3.63, 3.8) is 0 Å². The average Bonchev–Trinajstić information content (AvgIpc) is 2.64. The predicted molar refractivity (Wildman–Crippen MR) is 76.7 cm³/mol. The Kier molecular flexibility index (Phi) is 3.89. The van der Waals surface area contributed by atoms with Gasteiger partial charge in [0.25, 0.3) is 0 Å². The van der Waals surface area contributed by atoms with E-state index in [2.05, 4.69) is 15.3 Å². The van der Waals surface area contributed by atoms with Gasteiger partial charge >= 0.3 is 0 Å². The van der Waals surface area contributed by atoms with Gasteiger partial charge in [0, 0.05) is 17.8 Å². The van der Waals surface area contributed by atoms with Gasteiger partial charge < -0.3 is 14.8 Å². The Bertz CT molecular complexity index is 476. The molecule has 0 bridgehead atoms. The standard InChI is InChI=1S/C15H23N3O2/c1-15(2)19-9-11(20-15)8-16-14-12-6-4-3-5-7-13(12)17-10-18-14/h10-11H,3-9H2,1-2H3,(H,16,17,18). The van der Waals surface area contributed by atoms with E-state index in [0.717, 1.165) is 25.2 Å². The number of aromatic nitrogens is 2. The number of ether oxygens (including phenoxy) is 2. The summed E-state index contributed by atoms with van der Waals surface area (Å²) < 4.78 is 11.4. The van der Waals surface area contributed by atoms with E-state index < -0.39 is 5.79 Å². The zero-order chi connectivity index (χ0) is 14.0. The molecule has 3 rings (SSSR count). The Hall–Kier alpha value is -1.20. The van der Waals surface area contributed by atoms with E-state index in [1.807, 2.05) is 13.8 Å². The molecule has 0 amide bonds. The summed E-state index contributed by atoms with van der Waals surface area (Å²) in [5.74, 6) is 0.514. The van der Waals surface area contributed by atoms with Crippen LogP contribution in [0.15, 0.2) is 6.33 Å². The van der Waals surface area contributed by atoms with Crippen molar-refractivity contribution in [1.82, 2.24) is 9.97 Å². The fourth-order valence-corrected chi connectivity index (χ4v) is 2.92. The Morgan fingerprint density at radius 2 is 2.10 bits per heavy atom. The molecule has 1 atom stereocenters. The minimum absolute atomic E-state index is 0.0846. The molecule has 2 heterocycles. The first-order valence-corrected chi connectivity index (χ1v) is 7.52. The van der Waals surface area contributed by atoms with E-state index >= 15 is 0 Å². The van der Waals surface area contributed by atoms with Crippen molar-refractivity contribution in [2.24, 2.45) is 0 Å². The van der Waals surface area contributed by atoms with Crippen LogP contribution in [0.25, 0.3) is 0 Å². The number of nitrogens with zero attached hydrogens (tertiary/aromatic N) is 2. The monoisotopic (exact) mass is 277 g/mol. The van der Waals surface area contributed by atoms with Gasteiger partial charge in [0.15, 0.2) is 5.79 Å². The molecule has 1 aliphatic carbocycles. The van der Waals surface area contributed by atoms with Gasteiger partial charge in [-0.3, -0.25) is 0 Å². The smallest absolute Gasteiger partial charge is 0.163 e. The van der Waals surface area contributed by atoms with E-state index in [-0.39, 0.29) is 6.10 Å².